The number of aromatic nitrogens is 2. The van der Waals surface area contributed by atoms with Crippen molar-refractivity contribution in [1.29, 1.82) is 0 Å². The fraction of sp³-hybridized carbons (Fsp3) is 0.727. The summed E-state index contributed by atoms with van der Waals surface area (Å²) in [6.45, 7) is 7.49. The molecule has 1 saturated heterocycles. The largest absolute Gasteiger partial charge is 0.382 e. The summed E-state index contributed by atoms with van der Waals surface area (Å²) >= 11 is 0. The van der Waals surface area contributed by atoms with Crippen molar-refractivity contribution in [3.63, 3.8) is 0 Å². The maximum atomic E-state index is 4.18. The smallest absolute Gasteiger partial charge is 0.0825 e. The molecule has 2 rings (SSSR count). The topological polar surface area (TPSA) is 52.7 Å². The van der Waals surface area contributed by atoms with Gasteiger partial charge < -0.3 is 10.6 Å². The molecule has 3 N–H and O–H groups in total. The zero-order chi connectivity index (χ0) is 10.7. The van der Waals surface area contributed by atoms with Crippen LogP contribution in [0.15, 0.2) is 0 Å². The molecule has 84 valence electrons. The Morgan fingerprint density at radius 1 is 1.33 bits per heavy atom. The van der Waals surface area contributed by atoms with E-state index >= 15 is 0 Å². The van der Waals surface area contributed by atoms with E-state index in [0.29, 0.717) is 0 Å². The molecule has 4 heteroatoms. The molecule has 4 nitrogen and oxygen atoms in total. The number of H-pyrrole nitrogens is 1. The van der Waals surface area contributed by atoms with Crippen molar-refractivity contribution in [3.8, 4) is 0 Å². The van der Waals surface area contributed by atoms with E-state index < -0.39 is 0 Å². The molecule has 0 spiro atoms. The highest BCUT2D eigenvalue weighted by Crippen LogP contribution is 2.18. The van der Waals surface area contributed by atoms with E-state index in [9.17, 15) is 0 Å². The van der Waals surface area contributed by atoms with Crippen molar-refractivity contribution in [2.24, 2.45) is 5.92 Å². The lowest BCUT2D eigenvalue weighted by Crippen LogP contribution is -2.31. The Morgan fingerprint density at radius 2 is 2.07 bits per heavy atom. The van der Waals surface area contributed by atoms with Crippen molar-refractivity contribution < 1.29 is 0 Å². The van der Waals surface area contributed by atoms with Crippen molar-refractivity contribution in [3.05, 3.63) is 11.4 Å². The van der Waals surface area contributed by atoms with E-state index in [4.69, 9.17) is 0 Å². The number of hydrogen-bond acceptors (Lipinski definition) is 3. The summed E-state index contributed by atoms with van der Waals surface area (Å²) < 4.78 is 0. The van der Waals surface area contributed by atoms with Gasteiger partial charge in [-0.25, -0.2) is 0 Å². The fourth-order valence-corrected chi connectivity index (χ4v) is 2.14. The number of rotatable bonds is 3. The van der Waals surface area contributed by atoms with E-state index in [1.54, 1.807) is 0 Å². The van der Waals surface area contributed by atoms with Crippen LogP contribution in [0.25, 0.3) is 0 Å². The highest BCUT2D eigenvalue weighted by Gasteiger charge is 2.14. The van der Waals surface area contributed by atoms with Crippen LogP contribution in [0.5, 0.6) is 0 Å². The molecule has 1 aliphatic heterocycles. The molecule has 0 atom stereocenters. The van der Waals surface area contributed by atoms with Crippen molar-refractivity contribution in [2.75, 3.05) is 25.0 Å². The lowest BCUT2D eigenvalue weighted by Gasteiger charge is -2.23. The lowest BCUT2D eigenvalue weighted by atomic mass is 9.98. The molecule has 0 amide bonds. The van der Waals surface area contributed by atoms with Crippen LogP contribution in [0.1, 0.15) is 24.2 Å². The quantitative estimate of drug-likeness (QED) is 0.704. The number of nitrogens with zero attached hydrogens (tertiary/aromatic N) is 1. The second-order valence-electron chi connectivity index (χ2n) is 4.38. The first kappa shape index (κ1) is 10.5. The number of aromatic amines is 1. The molecule has 0 unspecified atom stereocenters. The normalized spacial score (nSPS) is 18.0. The van der Waals surface area contributed by atoms with Crippen LogP contribution >= 0.6 is 0 Å². The van der Waals surface area contributed by atoms with Gasteiger partial charge in [0.25, 0.3) is 0 Å². The van der Waals surface area contributed by atoms with E-state index in [-0.39, 0.29) is 0 Å². The third kappa shape index (κ3) is 2.50. The average Bonchev–Trinajstić information content (AvgIpc) is 2.58. The fourth-order valence-electron chi connectivity index (χ4n) is 2.14. The molecule has 0 saturated carbocycles. The summed E-state index contributed by atoms with van der Waals surface area (Å²) in [6.07, 6.45) is 2.56. The minimum atomic E-state index is 0.806. The molecule has 1 fully saturated rings. The van der Waals surface area contributed by atoms with Crippen molar-refractivity contribution in [1.82, 2.24) is 15.5 Å². The molecular formula is C11H20N4. The maximum absolute atomic E-state index is 4.18. The second kappa shape index (κ2) is 4.66. The predicted molar refractivity (Wildman–Crippen MR) is 62.1 cm³/mol. The maximum Gasteiger partial charge on any atom is 0.0825 e. The Balaban J connectivity index is 1.87. The van der Waals surface area contributed by atoms with Crippen LogP contribution in [0.4, 0.5) is 5.69 Å². The second-order valence-corrected chi connectivity index (χ2v) is 4.38. The van der Waals surface area contributed by atoms with Crippen LogP contribution in [-0.2, 0) is 0 Å². The Bertz CT molecular complexity index is 293. The van der Waals surface area contributed by atoms with E-state index in [2.05, 4.69) is 27.8 Å². The third-order valence-electron chi connectivity index (χ3n) is 3.15. The van der Waals surface area contributed by atoms with Gasteiger partial charge in [-0.2, -0.15) is 5.10 Å². The molecular weight excluding hydrogens is 188 g/mol. The summed E-state index contributed by atoms with van der Waals surface area (Å²) in [7, 11) is 0. The first-order valence-electron chi connectivity index (χ1n) is 5.73. The summed E-state index contributed by atoms with van der Waals surface area (Å²) in [5.41, 5.74) is 3.40. The Labute approximate surface area is 90.8 Å². The first-order chi connectivity index (χ1) is 7.27. The van der Waals surface area contributed by atoms with E-state index in [0.717, 1.165) is 36.9 Å². The van der Waals surface area contributed by atoms with Crippen molar-refractivity contribution in [2.45, 2.75) is 26.7 Å². The molecule has 0 bridgehead atoms. The van der Waals surface area contributed by atoms with Gasteiger partial charge in [0.05, 0.1) is 17.1 Å². The lowest BCUT2D eigenvalue weighted by molar-refractivity contribution is 0.390. The summed E-state index contributed by atoms with van der Waals surface area (Å²) in [4.78, 5) is 0. The van der Waals surface area contributed by atoms with Crippen molar-refractivity contribution >= 4 is 5.69 Å². The van der Waals surface area contributed by atoms with E-state index in [1.165, 1.54) is 18.5 Å². The van der Waals surface area contributed by atoms with Crippen LogP contribution in [0, 0.1) is 19.8 Å². The van der Waals surface area contributed by atoms with E-state index in [1.807, 2.05) is 6.92 Å². The summed E-state index contributed by atoms with van der Waals surface area (Å²) in [5, 5.41) is 14.1. The first-order valence-corrected chi connectivity index (χ1v) is 5.73. The molecule has 0 aromatic carbocycles. The van der Waals surface area contributed by atoms with Gasteiger partial charge in [0.2, 0.25) is 0 Å². The Hall–Kier alpha value is -1.03. The molecule has 1 aliphatic rings. The molecule has 2 heterocycles. The van der Waals surface area contributed by atoms with Crippen LogP contribution in [0.3, 0.4) is 0 Å². The number of piperidine rings is 1. The highest BCUT2D eigenvalue weighted by atomic mass is 15.1. The van der Waals surface area contributed by atoms with Gasteiger partial charge in [-0.3, -0.25) is 5.10 Å². The van der Waals surface area contributed by atoms with Gasteiger partial charge in [-0.05, 0) is 45.7 Å². The molecule has 0 aliphatic carbocycles. The molecule has 1 aromatic heterocycles. The monoisotopic (exact) mass is 208 g/mol. The third-order valence-corrected chi connectivity index (χ3v) is 3.15. The minimum Gasteiger partial charge on any atom is -0.382 e. The highest BCUT2D eigenvalue weighted by molar-refractivity contribution is 5.51. The molecule has 0 radical (unpaired) electrons. The van der Waals surface area contributed by atoms with Gasteiger partial charge in [0.15, 0.2) is 0 Å². The Morgan fingerprint density at radius 3 is 2.67 bits per heavy atom. The van der Waals surface area contributed by atoms with Gasteiger partial charge in [0.1, 0.15) is 0 Å². The predicted octanol–water partition coefficient (Wildman–Crippen LogP) is 1.44. The molecule has 1 aromatic rings. The number of hydrogen-bond donors (Lipinski definition) is 3. The van der Waals surface area contributed by atoms with Gasteiger partial charge in [-0.1, -0.05) is 0 Å². The summed E-state index contributed by atoms with van der Waals surface area (Å²) in [5.74, 6) is 0.806. The van der Waals surface area contributed by atoms with Gasteiger partial charge in [0, 0.05) is 6.54 Å². The van der Waals surface area contributed by atoms with Crippen LogP contribution < -0.4 is 10.6 Å². The van der Waals surface area contributed by atoms with Gasteiger partial charge >= 0.3 is 0 Å². The Kier molecular flexibility index (Phi) is 3.26. The summed E-state index contributed by atoms with van der Waals surface area (Å²) in [6, 6.07) is 0. The SMILES string of the molecule is Cc1n[nH]c(C)c1NCC1CCNCC1. The van der Waals surface area contributed by atoms with Gasteiger partial charge in [-0.15, -0.1) is 0 Å². The van der Waals surface area contributed by atoms with Crippen LogP contribution in [-0.4, -0.2) is 29.8 Å². The van der Waals surface area contributed by atoms with Crippen LogP contribution in [0.2, 0.25) is 0 Å². The number of nitrogens with one attached hydrogen (secondary N) is 3. The number of anilines is 1. The zero-order valence-electron chi connectivity index (χ0n) is 9.56. The molecule has 15 heavy (non-hydrogen) atoms. The standard InChI is InChI=1S/C11H20N4/c1-8-11(9(2)15-14-8)13-7-10-3-5-12-6-4-10/h10,12-13H,3-7H2,1-2H3,(H,14,15). The number of aryl methyl sites for hydroxylation is 2. The zero-order valence-corrected chi connectivity index (χ0v) is 9.56. The average molecular weight is 208 g/mol. The minimum absolute atomic E-state index is 0.806.